The van der Waals surface area contributed by atoms with Gasteiger partial charge in [0.1, 0.15) is 11.4 Å². The Balaban J connectivity index is 1.10. The monoisotopic (exact) mass is 656 g/mol. The van der Waals surface area contributed by atoms with Crippen LogP contribution >= 0.6 is 11.3 Å². The summed E-state index contributed by atoms with van der Waals surface area (Å²) in [6.45, 7) is 7.62. The van der Waals surface area contributed by atoms with Crippen molar-refractivity contribution in [2.45, 2.75) is 77.1 Å². The molecule has 1 atom stereocenters. The second kappa shape index (κ2) is 12.2. The number of nitrogens with zero attached hydrogens (tertiary/aromatic N) is 5. The molecule has 2 aromatic carbocycles. The van der Waals surface area contributed by atoms with Gasteiger partial charge in [-0.1, -0.05) is 24.3 Å². The number of benzene rings is 2. The van der Waals surface area contributed by atoms with E-state index in [2.05, 4.69) is 15.3 Å². The lowest BCUT2D eigenvalue weighted by molar-refractivity contribution is -0.121. The van der Waals surface area contributed by atoms with E-state index in [1.54, 1.807) is 28.9 Å². The third-order valence-electron chi connectivity index (χ3n) is 9.15. The number of piperidine rings is 1. The minimum atomic E-state index is -1.03. The zero-order valence-corrected chi connectivity index (χ0v) is 27.5. The average Bonchev–Trinajstić information content (AvgIpc) is 3.85. The largest absolute Gasteiger partial charge is 0.444 e. The number of anilines is 1. The molecule has 2 aromatic heterocycles. The van der Waals surface area contributed by atoms with Gasteiger partial charge in [0, 0.05) is 48.0 Å². The Morgan fingerprint density at radius 1 is 1.06 bits per heavy atom. The van der Waals surface area contributed by atoms with Crippen LogP contribution in [0.1, 0.15) is 84.9 Å². The average molecular weight is 657 g/mol. The molecule has 3 aliphatic rings. The highest BCUT2D eigenvalue weighted by Gasteiger charge is 2.42. The Kier molecular flexibility index (Phi) is 8.07. The van der Waals surface area contributed by atoms with Gasteiger partial charge in [0.15, 0.2) is 11.2 Å². The molecule has 3 amide bonds. The van der Waals surface area contributed by atoms with E-state index in [9.17, 15) is 14.4 Å². The fourth-order valence-electron chi connectivity index (χ4n) is 6.83. The molecule has 1 saturated heterocycles. The zero-order chi connectivity index (χ0) is 32.9. The van der Waals surface area contributed by atoms with E-state index < -0.39 is 29.3 Å². The predicted octanol–water partition coefficient (Wildman–Crippen LogP) is 6.54. The van der Waals surface area contributed by atoms with Crippen LogP contribution in [0.25, 0.3) is 11.1 Å². The standard InChI is InChI=1S/C35H37FN6O4S/c1-35(2,3)46-34(45)40-14-10-23(11-15-40)21-6-8-22(9-7-21)24-17-25-26(27(36)18-24)19-42(32(25)44)30(31(43)39-33-37-12-16-47-33)29-28-5-4-13-41(28)20-38-29/h6-9,12,16-18,20,23,30H,4-5,10-11,13-15,19H2,1-3H3,(H,37,39,43). The first-order chi connectivity index (χ1) is 22.6. The van der Waals surface area contributed by atoms with Crippen LogP contribution in [0.2, 0.25) is 0 Å². The van der Waals surface area contributed by atoms with Crippen LogP contribution in [0.15, 0.2) is 54.3 Å². The van der Waals surface area contributed by atoms with Crippen molar-refractivity contribution < 1.29 is 23.5 Å². The maximum absolute atomic E-state index is 15.7. The number of amides is 3. The molecular formula is C35H37FN6O4S. The smallest absolute Gasteiger partial charge is 0.410 e. The number of fused-ring (bicyclic) bond motifs is 2. The van der Waals surface area contributed by atoms with Crippen LogP contribution < -0.4 is 5.32 Å². The third-order valence-corrected chi connectivity index (χ3v) is 9.84. The van der Waals surface area contributed by atoms with Gasteiger partial charge in [0.05, 0.1) is 18.6 Å². The number of rotatable bonds is 6. The maximum atomic E-state index is 15.7. The lowest BCUT2D eigenvalue weighted by Gasteiger charge is -2.33. The van der Waals surface area contributed by atoms with E-state index in [0.717, 1.165) is 49.0 Å². The molecule has 47 heavy (non-hydrogen) atoms. The van der Waals surface area contributed by atoms with Gasteiger partial charge in [-0.3, -0.25) is 14.9 Å². The molecule has 5 heterocycles. The first-order valence-corrected chi connectivity index (χ1v) is 16.9. The summed E-state index contributed by atoms with van der Waals surface area (Å²) in [4.78, 5) is 52.1. The lowest BCUT2D eigenvalue weighted by Crippen LogP contribution is -2.41. The number of carbonyl (C=O) groups is 3. The molecule has 244 valence electrons. The minimum absolute atomic E-state index is 0.0382. The molecular weight excluding hydrogens is 619 g/mol. The summed E-state index contributed by atoms with van der Waals surface area (Å²) in [6, 6.07) is 10.1. The van der Waals surface area contributed by atoms with Crippen molar-refractivity contribution in [3.8, 4) is 11.1 Å². The number of ether oxygens (including phenoxy) is 1. The van der Waals surface area contributed by atoms with Crippen LogP contribution in [0.4, 0.5) is 14.3 Å². The normalized spacial score (nSPS) is 17.1. The summed E-state index contributed by atoms with van der Waals surface area (Å²) in [7, 11) is 0. The second-order valence-corrected chi connectivity index (χ2v) is 14.3. The van der Waals surface area contributed by atoms with Crippen molar-refractivity contribution in [3.63, 3.8) is 0 Å². The highest BCUT2D eigenvalue weighted by molar-refractivity contribution is 7.13. The fourth-order valence-corrected chi connectivity index (χ4v) is 7.37. The summed E-state index contributed by atoms with van der Waals surface area (Å²) in [5, 5.41) is 5.01. The van der Waals surface area contributed by atoms with E-state index in [4.69, 9.17) is 4.74 Å². The SMILES string of the molecule is CC(C)(C)OC(=O)N1CCC(c2ccc(-c3cc(F)c4c(c3)C(=O)N(C(C(=O)Nc3nccs3)c3ncn5c3CCC5)C4)cc2)CC1. The number of halogens is 1. The molecule has 7 rings (SSSR count). The predicted molar refractivity (Wildman–Crippen MR) is 176 cm³/mol. The van der Waals surface area contributed by atoms with Gasteiger partial charge < -0.3 is 19.1 Å². The summed E-state index contributed by atoms with van der Waals surface area (Å²) < 4.78 is 23.3. The van der Waals surface area contributed by atoms with Crippen LogP contribution in [0.3, 0.4) is 0 Å². The van der Waals surface area contributed by atoms with E-state index in [1.807, 2.05) is 49.6 Å². The molecule has 0 bridgehead atoms. The van der Waals surface area contributed by atoms with Gasteiger partial charge in [0.25, 0.3) is 11.8 Å². The van der Waals surface area contributed by atoms with E-state index in [-0.39, 0.29) is 23.8 Å². The number of hydrogen-bond donors (Lipinski definition) is 1. The third kappa shape index (κ3) is 6.14. The zero-order valence-electron chi connectivity index (χ0n) is 26.7. The molecule has 12 heteroatoms. The molecule has 1 fully saturated rings. The maximum Gasteiger partial charge on any atom is 0.410 e. The minimum Gasteiger partial charge on any atom is -0.444 e. The van der Waals surface area contributed by atoms with Crippen molar-refractivity contribution in [2.75, 3.05) is 18.4 Å². The highest BCUT2D eigenvalue weighted by atomic mass is 32.1. The quantitative estimate of drug-likeness (QED) is 0.252. The lowest BCUT2D eigenvalue weighted by atomic mass is 9.88. The van der Waals surface area contributed by atoms with Crippen LogP contribution in [0, 0.1) is 5.82 Å². The summed E-state index contributed by atoms with van der Waals surface area (Å²) in [5.74, 6) is -1.02. The number of nitrogens with one attached hydrogen (secondary N) is 1. The number of thiazole rings is 1. The van der Waals surface area contributed by atoms with Crippen molar-refractivity contribution in [2.24, 2.45) is 0 Å². The Labute approximate surface area is 276 Å². The Hall–Kier alpha value is -4.58. The molecule has 10 nitrogen and oxygen atoms in total. The molecule has 0 radical (unpaired) electrons. The van der Waals surface area contributed by atoms with Crippen molar-refractivity contribution in [1.82, 2.24) is 24.3 Å². The highest BCUT2D eigenvalue weighted by Crippen LogP contribution is 2.38. The number of hydrogen-bond acceptors (Lipinski definition) is 7. The van der Waals surface area contributed by atoms with Crippen LogP contribution in [-0.2, 0) is 29.0 Å². The molecule has 0 spiro atoms. The molecule has 1 N–H and O–H groups in total. The summed E-state index contributed by atoms with van der Waals surface area (Å²) >= 11 is 1.28. The second-order valence-electron chi connectivity index (χ2n) is 13.4. The number of aryl methyl sites for hydroxylation is 1. The van der Waals surface area contributed by atoms with Crippen molar-refractivity contribution in [3.05, 3.63) is 88.2 Å². The molecule has 1 unspecified atom stereocenters. The summed E-state index contributed by atoms with van der Waals surface area (Å²) in [6.07, 6.45) is 6.37. The number of likely N-dealkylation sites (tertiary alicyclic amines) is 1. The Morgan fingerprint density at radius 3 is 2.53 bits per heavy atom. The first-order valence-electron chi connectivity index (χ1n) is 16.0. The number of imidazole rings is 1. The van der Waals surface area contributed by atoms with E-state index >= 15 is 4.39 Å². The van der Waals surface area contributed by atoms with E-state index in [1.165, 1.54) is 22.3 Å². The molecule has 4 aromatic rings. The Bertz CT molecular complexity index is 1820. The first kappa shape index (κ1) is 31.0. The van der Waals surface area contributed by atoms with Crippen molar-refractivity contribution >= 4 is 34.4 Å². The van der Waals surface area contributed by atoms with Crippen LogP contribution in [0.5, 0.6) is 0 Å². The van der Waals surface area contributed by atoms with Gasteiger partial charge >= 0.3 is 6.09 Å². The molecule has 0 aliphatic carbocycles. The van der Waals surface area contributed by atoms with Gasteiger partial charge in [-0.25, -0.2) is 19.2 Å². The fraction of sp³-hybridized carbons (Fsp3) is 0.400. The van der Waals surface area contributed by atoms with Gasteiger partial charge in [-0.2, -0.15) is 0 Å². The van der Waals surface area contributed by atoms with Crippen LogP contribution in [-0.4, -0.2) is 60.9 Å². The van der Waals surface area contributed by atoms with Gasteiger partial charge in [-0.15, -0.1) is 11.3 Å². The topological polar surface area (TPSA) is 110 Å². The molecule has 3 aliphatic heterocycles. The number of carbonyl (C=O) groups excluding carboxylic acids is 3. The van der Waals surface area contributed by atoms with Crippen molar-refractivity contribution in [1.29, 1.82) is 0 Å². The Morgan fingerprint density at radius 2 is 1.83 bits per heavy atom. The molecule has 0 saturated carbocycles. The van der Waals surface area contributed by atoms with Gasteiger partial charge in [-0.05, 0) is 81.2 Å². The van der Waals surface area contributed by atoms with Gasteiger partial charge in [0.2, 0.25) is 0 Å². The van der Waals surface area contributed by atoms with E-state index in [0.29, 0.717) is 35.4 Å². The summed E-state index contributed by atoms with van der Waals surface area (Å²) in [5.41, 5.74) is 3.98. The number of aromatic nitrogens is 3.